The first-order valence-electron chi connectivity index (χ1n) is 8.93. The van der Waals surface area contributed by atoms with Crippen LogP contribution < -0.4 is 21.2 Å². The van der Waals surface area contributed by atoms with Crippen molar-refractivity contribution in [2.75, 3.05) is 0 Å². The number of carbonyl (C=O) groups excluding carboxylic acids is 1. The lowest BCUT2D eigenvalue weighted by Gasteiger charge is -2.07. The molecule has 2 aromatic heterocycles. The van der Waals surface area contributed by atoms with Crippen LogP contribution in [0.1, 0.15) is 21.7 Å². The Bertz CT molecular complexity index is 1370. The summed E-state index contributed by atoms with van der Waals surface area (Å²) in [6.07, 6.45) is 1.63. The second-order valence-electron chi connectivity index (χ2n) is 6.64. The number of carbonyl (C=O) groups is 1. The molecule has 29 heavy (non-hydrogen) atoms. The molecule has 4 aromatic rings. The number of aromatic nitrogens is 2. The number of furan rings is 1. The van der Waals surface area contributed by atoms with E-state index in [1.54, 1.807) is 31.2 Å². The predicted molar refractivity (Wildman–Crippen MR) is 108 cm³/mol. The lowest BCUT2D eigenvalue weighted by molar-refractivity contribution is -0.255. The molecule has 2 heterocycles. The highest BCUT2D eigenvalue weighted by atomic mass is 16.4. The fourth-order valence-electron chi connectivity index (χ4n) is 3.19. The minimum absolute atomic E-state index is 0.111. The molecule has 6 heteroatoms. The van der Waals surface area contributed by atoms with E-state index in [4.69, 9.17) is 4.42 Å². The van der Waals surface area contributed by atoms with Crippen LogP contribution >= 0.6 is 0 Å². The number of aromatic amines is 1. The molecule has 2 aromatic carbocycles. The second-order valence-corrected chi connectivity index (χ2v) is 6.64. The van der Waals surface area contributed by atoms with Crippen LogP contribution in [0.15, 0.2) is 69.9 Å². The second kappa shape index (κ2) is 7.16. The van der Waals surface area contributed by atoms with Crippen molar-refractivity contribution in [3.8, 4) is 17.0 Å². The van der Waals surface area contributed by atoms with E-state index in [0.29, 0.717) is 27.8 Å². The van der Waals surface area contributed by atoms with Gasteiger partial charge in [0.15, 0.2) is 0 Å². The van der Waals surface area contributed by atoms with Gasteiger partial charge in [0.2, 0.25) is 0 Å². The highest BCUT2D eigenvalue weighted by Crippen LogP contribution is 2.26. The first kappa shape index (κ1) is 18.3. The van der Waals surface area contributed by atoms with Crippen molar-refractivity contribution in [3.05, 3.63) is 98.5 Å². The summed E-state index contributed by atoms with van der Waals surface area (Å²) in [4.78, 5) is 23.8. The number of hydrogen-bond acceptors (Lipinski definition) is 4. The number of H-pyrrole nitrogens is 1. The molecule has 0 amide bonds. The fourth-order valence-corrected chi connectivity index (χ4v) is 3.19. The van der Waals surface area contributed by atoms with Crippen molar-refractivity contribution in [1.29, 1.82) is 0 Å². The minimum Gasteiger partial charge on any atom is -0.545 e. The van der Waals surface area contributed by atoms with Gasteiger partial charge in [-0.15, -0.1) is 0 Å². The number of carboxylic acid groups (broad SMARTS) is 1. The Morgan fingerprint density at radius 3 is 2.59 bits per heavy atom. The summed E-state index contributed by atoms with van der Waals surface area (Å²) in [5, 5.41) is 14.8. The van der Waals surface area contributed by atoms with Crippen LogP contribution in [0.3, 0.4) is 0 Å². The summed E-state index contributed by atoms with van der Waals surface area (Å²) in [6.45, 7) is 5.72. The van der Waals surface area contributed by atoms with Crippen LogP contribution in [-0.2, 0) is 0 Å². The maximum absolute atomic E-state index is 12.8. The van der Waals surface area contributed by atoms with Crippen LogP contribution in [0, 0.1) is 6.92 Å². The standard InChI is InChI=1S/C23H18N2O4/c1-14-12-16(23(27)28)8-10-19(14)21-11-9-18(29-21)13-20-15(2)24-25(22(20)26)17-6-4-3-5-7-17/h3-13,24H,2H2,1H3,(H,27,28)/p-1/b20-13-. The summed E-state index contributed by atoms with van der Waals surface area (Å²) in [6, 6.07) is 17.4. The number of carboxylic acids is 1. The Balaban J connectivity index is 1.74. The predicted octanol–water partition coefficient (Wildman–Crippen LogP) is 1.34. The Morgan fingerprint density at radius 1 is 1.14 bits per heavy atom. The van der Waals surface area contributed by atoms with Crippen LogP contribution in [0.4, 0.5) is 0 Å². The molecule has 0 spiro atoms. The molecule has 0 unspecified atom stereocenters. The molecular formula is C23H17N2O4-. The number of para-hydroxylation sites is 1. The molecule has 0 aliphatic heterocycles. The summed E-state index contributed by atoms with van der Waals surface area (Å²) in [5.41, 5.74) is 2.11. The normalized spacial score (nSPS) is 11.7. The molecule has 0 aliphatic carbocycles. The Hall–Kier alpha value is -4.06. The minimum atomic E-state index is -1.22. The third kappa shape index (κ3) is 3.43. The number of rotatable bonds is 4. The van der Waals surface area contributed by atoms with Crippen molar-refractivity contribution in [1.82, 2.24) is 9.78 Å². The van der Waals surface area contributed by atoms with E-state index in [-0.39, 0.29) is 11.1 Å². The van der Waals surface area contributed by atoms with Gasteiger partial charge in [0.25, 0.3) is 5.56 Å². The van der Waals surface area contributed by atoms with E-state index in [0.717, 1.165) is 11.1 Å². The molecule has 1 N–H and O–H groups in total. The zero-order chi connectivity index (χ0) is 20.5. The van der Waals surface area contributed by atoms with Crippen LogP contribution in [-0.4, -0.2) is 15.7 Å². The summed E-state index contributed by atoms with van der Waals surface area (Å²) >= 11 is 0. The molecule has 0 atom stereocenters. The molecule has 6 nitrogen and oxygen atoms in total. The van der Waals surface area contributed by atoms with Gasteiger partial charge in [0.05, 0.1) is 22.2 Å². The monoisotopic (exact) mass is 385 g/mol. The number of nitrogens with zero attached hydrogens (tertiary/aromatic N) is 1. The molecule has 4 rings (SSSR count). The first-order valence-corrected chi connectivity index (χ1v) is 8.93. The van der Waals surface area contributed by atoms with Crippen molar-refractivity contribution in [2.24, 2.45) is 0 Å². The maximum atomic E-state index is 12.8. The zero-order valence-corrected chi connectivity index (χ0v) is 15.6. The summed E-state index contributed by atoms with van der Waals surface area (Å²) in [5.74, 6) is -0.161. The van der Waals surface area contributed by atoms with Crippen LogP contribution in [0.25, 0.3) is 29.7 Å². The summed E-state index contributed by atoms with van der Waals surface area (Å²) in [7, 11) is 0. The molecular weight excluding hydrogens is 368 g/mol. The van der Waals surface area contributed by atoms with Gasteiger partial charge in [-0.25, -0.2) is 4.68 Å². The van der Waals surface area contributed by atoms with Gasteiger partial charge in [0, 0.05) is 5.56 Å². The van der Waals surface area contributed by atoms with Gasteiger partial charge in [-0.1, -0.05) is 36.9 Å². The third-order valence-corrected chi connectivity index (χ3v) is 4.66. The van der Waals surface area contributed by atoms with Gasteiger partial charge in [-0.2, -0.15) is 0 Å². The maximum Gasteiger partial charge on any atom is 0.279 e. The molecule has 0 aliphatic rings. The Kier molecular flexibility index (Phi) is 4.52. The van der Waals surface area contributed by atoms with Gasteiger partial charge >= 0.3 is 0 Å². The highest BCUT2D eigenvalue weighted by Gasteiger charge is 2.09. The first-order chi connectivity index (χ1) is 13.9. The lowest BCUT2D eigenvalue weighted by atomic mass is 10.0. The molecule has 0 bridgehead atoms. The number of nitrogens with one attached hydrogen (secondary N) is 1. The Morgan fingerprint density at radius 2 is 1.90 bits per heavy atom. The van der Waals surface area contributed by atoms with Crippen molar-refractivity contribution in [3.63, 3.8) is 0 Å². The molecule has 0 radical (unpaired) electrons. The number of hydrogen-bond donors (Lipinski definition) is 1. The Labute approximate surface area is 165 Å². The van der Waals surface area contributed by atoms with Crippen LogP contribution in [0.5, 0.6) is 0 Å². The van der Waals surface area contributed by atoms with E-state index in [1.165, 1.54) is 16.8 Å². The average Bonchev–Trinajstić information content (AvgIpc) is 3.28. The highest BCUT2D eigenvalue weighted by molar-refractivity contribution is 5.87. The third-order valence-electron chi connectivity index (χ3n) is 4.66. The molecule has 144 valence electrons. The number of benzene rings is 2. The van der Waals surface area contributed by atoms with Gasteiger partial charge in [-0.05, 0) is 54.5 Å². The number of aromatic carboxylic acids is 1. The number of aryl methyl sites for hydroxylation is 1. The van der Waals surface area contributed by atoms with Crippen LogP contribution in [0.2, 0.25) is 0 Å². The van der Waals surface area contributed by atoms with E-state index in [1.807, 2.05) is 30.3 Å². The SMILES string of the molecule is C=c1[nH]n(-c2ccccc2)c(=O)/c1=C\c1ccc(-c2ccc(C(=O)[O-])cc2C)o1. The summed E-state index contributed by atoms with van der Waals surface area (Å²) < 4.78 is 7.30. The van der Waals surface area contributed by atoms with Gasteiger partial charge < -0.3 is 14.3 Å². The fraction of sp³-hybridized carbons (Fsp3) is 0.0435. The van der Waals surface area contributed by atoms with Crippen molar-refractivity contribution in [2.45, 2.75) is 6.92 Å². The van der Waals surface area contributed by atoms with Crippen molar-refractivity contribution < 1.29 is 14.3 Å². The van der Waals surface area contributed by atoms with E-state index >= 15 is 0 Å². The van der Waals surface area contributed by atoms with Gasteiger partial charge in [0.1, 0.15) is 11.5 Å². The van der Waals surface area contributed by atoms with Crippen molar-refractivity contribution >= 4 is 18.6 Å². The quantitative estimate of drug-likeness (QED) is 0.574. The smallest absolute Gasteiger partial charge is 0.279 e. The molecule has 0 saturated heterocycles. The van der Waals surface area contributed by atoms with E-state index in [2.05, 4.69) is 11.7 Å². The molecule has 0 saturated carbocycles. The zero-order valence-electron chi connectivity index (χ0n) is 15.6. The van der Waals surface area contributed by atoms with E-state index < -0.39 is 5.97 Å². The molecule has 0 fully saturated rings. The largest absolute Gasteiger partial charge is 0.545 e. The van der Waals surface area contributed by atoms with Gasteiger partial charge in [-0.3, -0.25) is 9.89 Å². The average molecular weight is 385 g/mol. The topological polar surface area (TPSA) is 91.1 Å². The van der Waals surface area contributed by atoms with E-state index in [9.17, 15) is 14.7 Å². The lowest BCUT2D eigenvalue weighted by Crippen LogP contribution is -2.33.